The van der Waals surface area contributed by atoms with Gasteiger partial charge < -0.3 is 10.2 Å². The van der Waals surface area contributed by atoms with Crippen molar-refractivity contribution in [2.45, 2.75) is 19.9 Å². The summed E-state index contributed by atoms with van der Waals surface area (Å²) in [7, 11) is 0. The van der Waals surface area contributed by atoms with E-state index in [1.807, 2.05) is 0 Å². The van der Waals surface area contributed by atoms with Gasteiger partial charge >= 0.3 is 6.03 Å². The zero-order valence-corrected chi connectivity index (χ0v) is 9.36. The number of amides is 2. The fourth-order valence-corrected chi connectivity index (χ4v) is 1.58. The molecule has 1 N–H and O–H groups in total. The van der Waals surface area contributed by atoms with Gasteiger partial charge in [-0.3, -0.25) is 4.90 Å². The smallest absolute Gasteiger partial charge is 0.317 e. The van der Waals surface area contributed by atoms with Crippen LogP contribution in [0.3, 0.4) is 0 Å². The number of rotatable bonds is 5. The van der Waals surface area contributed by atoms with E-state index in [1.54, 1.807) is 4.90 Å². The molecular weight excluding hydrogens is 192 g/mol. The number of nitrogens with zero attached hydrogens (tertiary/aromatic N) is 3. The molecule has 15 heavy (non-hydrogen) atoms. The fourth-order valence-electron chi connectivity index (χ4n) is 1.58. The predicted molar refractivity (Wildman–Crippen MR) is 57.3 cm³/mol. The van der Waals surface area contributed by atoms with E-state index in [4.69, 9.17) is 5.26 Å². The highest BCUT2D eigenvalue weighted by Crippen LogP contribution is 2.00. The molecule has 0 unspecified atom stereocenters. The maximum absolute atomic E-state index is 11.2. The van der Waals surface area contributed by atoms with Gasteiger partial charge in [-0.15, -0.1) is 0 Å². The Labute approximate surface area is 90.6 Å². The van der Waals surface area contributed by atoms with Crippen molar-refractivity contribution in [3.8, 4) is 6.07 Å². The topological polar surface area (TPSA) is 59.4 Å². The van der Waals surface area contributed by atoms with Gasteiger partial charge in [0.2, 0.25) is 0 Å². The summed E-state index contributed by atoms with van der Waals surface area (Å²) < 4.78 is 0. The molecule has 1 saturated heterocycles. The number of nitriles is 1. The zero-order chi connectivity index (χ0) is 11.3. The highest BCUT2D eigenvalue weighted by atomic mass is 16.2. The summed E-state index contributed by atoms with van der Waals surface area (Å²) in [5.74, 6) is 0. The molecule has 1 aliphatic heterocycles. The molecule has 0 aromatic heterocycles. The van der Waals surface area contributed by atoms with E-state index in [-0.39, 0.29) is 6.03 Å². The average Bonchev–Trinajstić information content (AvgIpc) is 2.58. The summed E-state index contributed by atoms with van der Waals surface area (Å²) in [6.45, 7) is 7.51. The van der Waals surface area contributed by atoms with E-state index in [9.17, 15) is 4.79 Å². The van der Waals surface area contributed by atoms with Crippen LogP contribution < -0.4 is 5.32 Å². The summed E-state index contributed by atoms with van der Waals surface area (Å²) in [6, 6.07) is 2.50. The van der Waals surface area contributed by atoms with Crippen molar-refractivity contribution in [2.24, 2.45) is 0 Å². The lowest BCUT2D eigenvalue weighted by Gasteiger charge is -2.25. The number of nitrogens with one attached hydrogen (secondary N) is 1. The van der Waals surface area contributed by atoms with Crippen LogP contribution in [0.5, 0.6) is 0 Å². The van der Waals surface area contributed by atoms with Crippen LogP contribution in [-0.2, 0) is 0 Å². The molecule has 1 rings (SSSR count). The quantitative estimate of drug-likeness (QED) is 0.661. The van der Waals surface area contributed by atoms with E-state index in [0.717, 1.165) is 19.6 Å². The average molecular weight is 210 g/mol. The summed E-state index contributed by atoms with van der Waals surface area (Å²) in [5, 5.41) is 11.4. The molecule has 1 heterocycles. The second kappa shape index (κ2) is 5.56. The van der Waals surface area contributed by atoms with E-state index < -0.39 is 0 Å². The first-order valence-electron chi connectivity index (χ1n) is 5.29. The number of carbonyl (C=O) groups excluding carboxylic acids is 1. The Morgan fingerprint density at radius 2 is 2.40 bits per heavy atom. The second-order valence-electron chi connectivity index (χ2n) is 3.94. The summed E-state index contributed by atoms with van der Waals surface area (Å²) in [5.41, 5.74) is 0. The van der Waals surface area contributed by atoms with Gasteiger partial charge in [0.25, 0.3) is 0 Å². The molecule has 0 atom stereocenters. The maximum atomic E-state index is 11.2. The number of carbonyl (C=O) groups is 1. The minimum Gasteiger partial charge on any atom is -0.336 e. The first-order chi connectivity index (χ1) is 7.15. The Hall–Kier alpha value is -1.28. The number of hydrogen-bond acceptors (Lipinski definition) is 3. The molecule has 1 fully saturated rings. The summed E-state index contributed by atoms with van der Waals surface area (Å²) >= 11 is 0. The van der Waals surface area contributed by atoms with E-state index in [2.05, 4.69) is 30.1 Å². The molecular formula is C10H18N4O. The first-order valence-corrected chi connectivity index (χ1v) is 5.29. The third-order valence-corrected chi connectivity index (χ3v) is 2.61. The highest BCUT2D eigenvalue weighted by Gasteiger charge is 2.20. The molecule has 1 aliphatic rings. The van der Waals surface area contributed by atoms with Gasteiger partial charge in [0.05, 0.1) is 12.6 Å². The predicted octanol–water partition coefficient (Wildman–Crippen LogP) is 0.246. The van der Waals surface area contributed by atoms with Crippen LogP contribution in [0.25, 0.3) is 0 Å². The SMILES string of the molecule is CC(C)N(CC#N)CCN1CCNC1=O. The van der Waals surface area contributed by atoms with Crippen LogP contribution in [0.1, 0.15) is 13.8 Å². The van der Waals surface area contributed by atoms with Crippen LogP contribution in [0.2, 0.25) is 0 Å². The standard InChI is InChI=1S/C10H18N4O/c1-9(2)13(5-3-11)7-8-14-6-4-12-10(14)15/h9H,4-8H2,1-2H3,(H,12,15). The van der Waals surface area contributed by atoms with Crippen LogP contribution in [0.15, 0.2) is 0 Å². The van der Waals surface area contributed by atoms with Gasteiger partial charge in [-0.2, -0.15) is 5.26 Å². The van der Waals surface area contributed by atoms with Crippen LogP contribution in [0.4, 0.5) is 4.79 Å². The van der Waals surface area contributed by atoms with Crippen molar-refractivity contribution in [3.05, 3.63) is 0 Å². The second-order valence-corrected chi connectivity index (χ2v) is 3.94. The Morgan fingerprint density at radius 1 is 1.67 bits per heavy atom. The largest absolute Gasteiger partial charge is 0.336 e. The van der Waals surface area contributed by atoms with Gasteiger partial charge in [-0.05, 0) is 13.8 Å². The molecule has 0 saturated carbocycles. The van der Waals surface area contributed by atoms with Crippen molar-refractivity contribution in [1.29, 1.82) is 5.26 Å². The molecule has 0 aromatic rings. The van der Waals surface area contributed by atoms with Crippen LogP contribution in [0, 0.1) is 11.3 Å². The molecule has 0 aliphatic carbocycles. The zero-order valence-electron chi connectivity index (χ0n) is 9.36. The molecule has 0 radical (unpaired) electrons. The van der Waals surface area contributed by atoms with E-state index in [0.29, 0.717) is 19.1 Å². The molecule has 0 bridgehead atoms. The molecule has 5 heteroatoms. The van der Waals surface area contributed by atoms with Gasteiger partial charge in [-0.1, -0.05) is 0 Å². The van der Waals surface area contributed by atoms with Crippen molar-refractivity contribution in [1.82, 2.24) is 15.1 Å². The van der Waals surface area contributed by atoms with Gasteiger partial charge in [0.1, 0.15) is 0 Å². The molecule has 0 aromatic carbocycles. The lowest BCUT2D eigenvalue weighted by molar-refractivity contribution is 0.194. The normalized spacial score (nSPS) is 15.9. The lowest BCUT2D eigenvalue weighted by Crippen LogP contribution is -2.40. The number of hydrogen-bond donors (Lipinski definition) is 1. The van der Waals surface area contributed by atoms with Gasteiger partial charge in [0.15, 0.2) is 0 Å². The first kappa shape index (κ1) is 11.8. The van der Waals surface area contributed by atoms with Crippen molar-refractivity contribution >= 4 is 6.03 Å². The molecule has 84 valence electrons. The van der Waals surface area contributed by atoms with E-state index in [1.165, 1.54) is 0 Å². The van der Waals surface area contributed by atoms with Crippen molar-refractivity contribution < 1.29 is 4.79 Å². The molecule has 2 amide bonds. The minimum atomic E-state index is 0.00987. The molecule has 5 nitrogen and oxygen atoms in total. The monoisotopic (exact) mass is 210 g/mol. The minimum absolute atomic E-state index is 0.00987. The maximum Gasteiger partial charge on any atom is 0.317 e. The summed E-state index contributed by atoms with van der Waals surface area (Å²) in [4.78, 5) is 15.1. The van der Waals surface area contributed by atoms with Gasteiger partial charge in [0, 0.05) is 32.2 Å². The molecule has 0 spiro atoms. The van der Waals surface area contributed by atoms with Gasteiger partial charge in [-0.25, -0.2) is 4.79 Å². The van der Waals surface area contributed by atoms with Crippen molar-refractivity contribution in [3.63, 3.8) is 0 Å². The Morgan fingerprint density at radius 3 is 2.87 bits per heavy atom. The Bertz CT molecular complexity index is 259. The third kappa shape index (κ3) is 3.40. The van der Waals surface area contributed by atoms with Crippen molar-refractivity contribution in [2.75, 3.05) is 32.7 Å². The van der Waals surface area contributed by atoms with Crippen LogP contribution in [-0.4, -0.2) is 54.6 Å². The Kier molecular flexibility index (Phi) is 4.37. The third-order valence-electron chi connectivity index (χ3n) is 2.61. The summed E-state index contributed by atoms with van der Waals surface area (Å²) in [6.07, 6.45) is 0. The fraction of sp³-hybridized carbons (Fsp3) is 0.800. The van der Waals surface area contributed by atoms with Crippen LogP contribution >= 0.6 is 0 Å². The highest BCUT2D eigenvalue weighted by molar-refractivity contribution is 5.76. The lowest BCUT2D eigenvalue weighted by atomic mass is 10.3. The number of urea groups is 1. The Balaban J connectivity index is 2.33. The van der Waals surface area contributed by atoms with E-state index >= 15 is 0 Å².